The van der Waals surface area contributed by atoms with Crippen molar-refractivity contribution in [1.82, 2.24) is 10.2 Å². The van der Waals surface area contributed by atoms with Gasteiger partial charge in [-0.2, -0.15) is 0 Å². The van der Waals surface area contributed by atoms with E-state index in [9.17, 15) is 14.0 Å². The number of piperidine rings is 2. The Morgan fingerprint density at radius 1 is 1.50 bits per heavy atom. The maximum atomic E-state index is 13.7. The van der Waals surface area contributed by atoms with Crippen LogP contribution < -0.4 is 5.32 Å². The number of halogens is 1. The minimum Gasteiger partial charge on any atom is -0.378 e. The number of alkyl halides is 1. The largest absolute Gasteiger partial charge is 0.378 e. The molecular formula is C12H19FN2O3. The molecule has 0 aromatic heterocycles. The average molecular weight is 258 g/mol. The van der Waals surface area contributed by atoms with Gasteiger partial charge in [0.2, 0.25) is 11.8 Å². The van der Waals surface area contributed by atoms with Gasteiger partial charge in [-0.3, -0.25) is 9.59 Å². The van der Waals surface area contributed by atoms with Gasteiger partial charge >= 0.3 is 0 Å². The molecule has 0 spiro atoms. The van der Waals surface area contributed by atoms with E-state index in [1.807, 2.05) is 0 Å². The number of methoxy groups -OCH3 is 1. The Morgan fingerprint density at radius 3 is 2.89 bits per heavy atom. The van der Waals surface area contributed by atoms with Crippen molar-refractivity contribution in [2.45, 2.75) is 44.0 Å². The molecule has 2 saturated heterocycles. The Balaban J connectivity index is 1.91. The first-order valence-electron chi connectivity index (χ1n) is 6.37. The second-order valence-corrected chi connectivity index (χ2v) is 4.88. The lowest BCUT2D eigenvalue weighted by Crippen LogP contribution is -2.55. The van der Waals surface area contributed by atoms with E-state index in [2.05, 4.69) is 5.32 Å². The molecule has 2 heterocycles. The molecule has 0 saturated carbocycles. The lowest BCUT2D eigenvalue weighted by Gasteiger charge is -2.36. The van der Waals surface area contributed by atoms with E-state index in [-0.39, 0.29) is 18.4 Å². The normalized spacial score (nSPS) is 33.1. The molecule has 0 radical (unpaired) electrons. The molecule has 0 aromatic rings. The molecule has 2 rings (SSSR count). The number of hydrogen-bond acceptors (Lipinski definition) is 3. The van der Waals surface area contributed by atoms with Crippen molar-refractivity contribution in [2.24, 2.45) is 0 Å². The topological polar surface area (TPSA) is 58.6 Å². The van der Waals surface area contributed by atoms with Gasteiger partial charge in [-0.1, -0.05) is 0 Å². The summed E-state index contributed by atoms with van der Waals surface area (Å²) in [7, 11) is 1.48. The van der Waals surface area contributed by atoms with Gasteiger partial charge in [-0.05, 0) is 19.3 Å². The van der Waals surface area contributed by atoms with E-state index in [0.29, 0.717) is 25.8 Å². The summed E-state index contributed by atoms with van der Waals surface area (Å²) in [5.41, 5.74) is 0. The Hall–Kier alpha value is -1.17. The van der Waals surface area contributed by atoms with Gasteiger partial charge in [0.1, 0.15) is 12.2 Å². The second kappa shape index (κ2) is 5.65. The molecule has 6 heteroatoms. The molecule has 2 fully saturated rings. The maximum absolute atomic E-state index is 13.7. The third-order valence-corrected chi connectivity index (χ3v) is 3.63. The summed E-state index contributed by atoms with van der Waals surface area (Å²) in [6, 6.07) is -0.474. The molecule has 1 N–H and O–H groups in total. The van der Waals surface area contributed by atoms with E-state index in [1.165, 1.54) is 12.0 Å². The summed E-state index contributed by atoms with van der Waals surface area (Å²) in [4.78, 5) is 24.9. The number of carbonyl (C=O) groups excluding carboxylic acids is 2. The summed E-state index contributed by atoms with van der Waals surface area (Å²) in [5.74, 6) is -0.261. The number of hydrogen-bond donors (Lipinski definition) is 1. The number of nitrogens with one attached hydrogen (secondary N) is 1. The van der Waals surface area contributed by atoms with Crippen LogP contribution in [0.4, 0.5) is 4.39 Å². The lowest BCUT2D eigenvalue weighted by molar-refractivity contribution is -0.142. The molecule has 3 atom stereocenters. The van der Waals surface area contributed by atoms with Crippen molar-refractivity contribution < 1.29 is 18.7 Å². The molecule has 2 amide bonds. The van der Waals surface area contributed by atoms with Crippen LogP contribution in [0.5, 0.6) is 0 Å². The molecule has 0 aliphatic carbocycles. The average Bonchev–Trinajstić information content (AvgIpc) is 2.37. The van der Waals surface area contributed by atoms with Crippen LogP contribution >= 0.6 is 0 Å². The minimum absolute atomic E-state index is 0.0592. The standard InChI is InChI=1S/C12H19FN2O3/c1-18-10-5-6-15(7-8(10)13)12(17)9-3-2-4-11(16)14-9/h8-10H,2-7H2,1H3,(H,14,16)/t8-,9?,10+/m1/s1. The van der Waals surface area contributed by atoms with E-state index in [0.717, 1.165) is 6.42 Å². The quantitative estimate of drug-likeness (QED) is 0.772. The third kappa shape index (κ3) is 2.80. The monoisotopic (exact) mass is 258 g/mol. The summed E-state index contributed by atoms with van der Waals surface area (Å²) < 4.78 is 18.7. The summed E-state index contributed by atoms with van der Waals surface area (Å²) >= 11 is 0. The Morgan fingerprint density at radius 2 is 2.28 bits per heavy atom. The minimum atomic E-state index is -1.15. The molecule has 5 nitrogen and oxygen atoms in total. The molecule has 0 aromatic carbocycles. The first-order valence-corrected chi connectivity index (χ1v) is 6.37. The van der Waals surface area contributed by atoms with Crippen LogP contribution in [0.25, 0.3) is 0 Å². The number of nitrogens with zero attached hydrogens (tertiary/aromatic N) is 1. The molecular weight excluding hydrogens is 239 g/mol. The van der Waals surface area contributed by atoms with Crippen molar-refractivity contribution in [3.63, 3.8) is 0 Å². The van der Waals surface area contributed by atoms with Crippen LogP contribution in [0, 0.1) is 0 Å². The Kier molecular flexibility index (Phi) is 4.16. The van der Waals surface area contributed by atoms with Crippen molar-refractivity contribution in [1.29, 1.82) is 0 Å². The van der Waals surface area contributed by atoms with E-state index in [1.54, 1.807) is 0 Å². The predicted molar refractivity (Wildman–Crippen MR) is 62.7 cm³/mol. The predicted octanol–water partition coefficient (Wildman–Crippen LogP) is 0.240. The van der Waals surface area contributed by atoms with Crippen LogP contribution in [-0.2, 0) is 14.3 Å². The van der Waals surface area contributed by atoms with Crippen molar-refractivity contribution in [3.05, 3.63) is 0 Å². The molecule has 1 unspecified atom stereocenters. The lowest BCUT2D eigenvalue weighted by atomic mass is 10.0. The Bertz CT molecular complexity index is 337. The summed E-state index contributed by atoms with van der Waals surface area (Å²) in [5, 5.41) is 2.67. The zero-order valence-corrected chi connectivity index (χ0v) is 10.5. The number of amides is 2. The highest BCUT2D eigenvalue weighted by molar-refractivity contribution is 5.88. The number of ether oxygens (including phenoxy) is 1. The van der Waals surface area contributed by atoms with E-state index in [4.69, 9.17) is 4.74 Å². The van der Waals surface area contributed by atoms with Gasteiger partial charge in [0.05, 0.1) is 12.6 Å². The summed E-state index contributed by atoms with van der Waals surface area (Å²) in [6.45, 7) is 0.549. The Labute approximate surface area is 106 Å². The van der Waals surface area contributed by atoms with Gasteiger partial charge in [0, 0.05) is 20.1 Å². The maximum Gasteiger partial charge on any atom is 0.245 e. The first kappa shape index (κ1) is 13.3. The zero-order chi connectivity index (χ0) is 13.1. The van der Waals surface area contributed by atoms with Crippen LogP contribution in [0.3, 0.4) is 0 Å². The highest BCUT2D eigenvalue weighted by Gasteiger charge is 2.35. The third-order valence-electron chi connectivity index (χ3n) is 3.63. The van der Waals surface area contributed by atoms with Gasteiger partial charge < -0.3 is 15.0 Å². The van der Waals surface area contributed by atoms with Crippen molar-refractivity contribution in [2.75, 3.05) is 20.2 Å². The fraction of sp³-hybridized carbons (Fsp3) is 0.833. The van der Waals surface area contributed by atoms with Gasteiger partial charge in [0.25, 0.3) is 0 Å². The number of rotatable bonds is 2. The number of carbonyl (C=O) groups is 2. The zero-order valence-electron chi connectivity index (χ0n) is 10.5. The van der Waals surface area contributed by atoms with Gasteiger partial charge in [0.15, 0.2) is 0 Å². The van der Waals surface area contributed by atoms with Gasteiger partial charge in [-0.15, -0.1) is 0 Å². The highest BCUT2D eigenvalue weighted by Crippen LogP contribution is 2.19. The first-order chi connectivity index (χ1) is 8.61. The molecule has 18 heavy (non-hydrogen) atoms. The number of likely N-dealkylation sites (tertiary alicyclic amines) is 1. The van der Waals surface area contributed by atoms with Crippen molar-refractivity contribution >= 4 is 11.8 Å². The van der Waals surface area contributed by atoms with E-state index < -0.39 is 18.3 Å². The molecule has 102 valence electrons. The van der Waals surface area contributed by atoms with Crippen LogP contribution in [0.15, 0.2) is 0 Å². The second-order valence-electron chi connectivity index (χ2n) is 4.88. The van der Waals surface area contributed by atoms with Crippen LogP contribution in [-0.4, -0.2) is 55.2 Å². The van der Waals surface area contributed by atoms with Crippen LogP contribution in [0.2, 0.25) is 0 Å². The fourth-order valence-corrected chi connectivity index (χ4v) is 2.56. The smallest absolute Gasteiger partial charge is 0.245 e. The van der Waals surface area contributed by atoms with E-state index >= 15 is 0 Å². The fourth-order valence-electron chi connectivity index (χ4n) is 2.56. The van der Waals surface area contributed by atoms with Crippen molar-refractivity contribution in [3.8, 4) is 0 Å². The summed E-state index contributed by atoms with van der Waals surface area (Å²) in [6.07, 6.45) is 0.773. The molecule has 0 bridgehead atoms. The molecule has 2 aliphatic heterocycles. The highest BCUT2D eigenvalue weighted by atomic mass is 19.1. The SMILES string of the molecule is CO[C@H]1CCN(C(=O)C2CCCC(=O)N2)C[C@H]1F. The van der Waals surface area contributed by atoms with Gasteiger partial charge in [-0.25, -0.2) is 4.39 Å². The van der Waals surface area contributed by atoms with Crippen LogP contribution in [0.1, 0.15) is 25.7 Å². The molecule has 2 aliphatic rings.